The lowest BCUT2D eigenvalue weighted by atomic mass is 10.2. The largest absolute Gasteiger partial charge is 0.454 e. The van der Waals surface area contributed by atoms with Crippen molar-refractivity contribution in [1.82, 2.24) is 5.32 Å². The second kappa shape index (κ2) is 9.64. The highest BCUT2D eigenvalue weighted by Crippen LogP contribution is 2.32. The minimum atomic E-state index is 0.326. The minimum absolute atomic E-state index is 0.326. The van der Waals surface area contributed by atoms with Gasteiger partial charge in [-0.15, -0.1) is 0 Å². The molecule has 4 nitrogen and oxygen atoms in total. The summed E-state index contributed by atoms with van der Waals surface area (Å²) in [4.78, 5) is 0. The van der Waals surface area contributed by atoms with Gasteiger partial charge in [-0.2, -0.15) is 0 Å². The minimum Gasteiger partial charge on any atom is -0.454 e. The van der Waals surface area contributed by atoms with E-state index in [1.54, 1.807) is 0 Å². The Kier molecular flexibility index (Phi) is 7.39. The van der Waals surface area contributed by atoms with Crippen LogP contribution in [0.15, 0.2) is 18.2 Å². The fourth-order valence-electron chi connectivity index (χ4n) is 2.33. The first kappa shape index (κ1) is 16.1. The van der Waals surface area contributed by atoms with E-state index in [0.717, 1.165) is 43.2 Å². The highest BCUT2D eigenvalue weighted by molar-refractivity contribution is 5.44. The first-order valence-corrected chi connectivity index (χ1v) is 8.07. The van der Waals surface area contributed by atoms with Crippen LogP contribution in [0.25, 0.3) is 0 Å². The number of fused-ring (bicyclic) bond motifs is 1. The number of hydrogen-bond donors (Lipinski definition) is 1. The van der Waals surface area contributed by atoms with Gasteiger partial charge in [-0.05, 0) is 50.0 Å². The highest BCUT2D eigenvalue weighted by atomic mass is 16.7. The predicted molar refractivity (Wildman–Crippen MR) is 83.8 cm³/mol. The molecule has 1 N–H and O–H groups in total. The van der Waals surface area contributed by atoms with Crippen LogP contribution in [0.5, 0.6) is 11.5 Å². The molecule has 0 unspecified atom stereocenters. The molecule has 1 aromatic rings. The molecule has 0 saturated carbocycles. The Morgan fingerprint density at radius 3 is 2.81 bits per heavy atom. The Balaban J connectivity index is 1.47. The van der Waals surface area contributed by atoms with Gasteiger partial charge in [0.2, 0.25) is 6.79 Å². The second-order valence-corrected chi connectivity index (χ2v) is 5.40. The quantitative estimate of drug-likeness (QED) is 0.634. The van der Waals surface area contributed by atoms with Gasteiger partial charge in [0.1, 0.15) is 0 Å². The monoisotopic (exact) mass is 293 g/mol. The van der Waals surface area contributed by atoms with Crippen molar-refractivity contribution in [2.45, 2.75) is 45.6 Å². The normalized spacial score (nSPS) is 12.8. The van der Waals surface area contributed by atoms with Crippen molar-refractivity contribution in [2.24, 2.45) is 0 Å². The number of hydrogen-bond acceptors (Lipinski definition) is 4. The van der Waals surface area contributed by atoms with Crippen LogP contribution in [0.2, 0.25) is 0 Å². The first-order chi connectivity index (χ1) is 10.4. The number of rotatable bonds is 11. The molecule has 0 amide bonds. The number of nitrogens with one attached hydrogen (secondary N) is 1. The molecule has 0 saturated heterocycles. The summed E-state index contributed by atoms with van der Waals surface area (Å²) in [5.41, 5.74) is 1.14. The molecule has 1 aliphatic heterocycles. The maximum absolute atomic E-state index is 5.71. The summed E-state index contributed by atoms with van der Waals surface area (Å²) in [5.74, 6) is 1.66. The molecular weight excluding hydrogens is 266 g/mol. The zero-order chi connectivity index (χ0) is 14.8. The highest BCUT2D eigenvalue weighted by Gasteiger charge is 2.12. The van der Waals surface area contributed by atoms with Gasteiger partial charge in [0, 0.05) is 6.61 Å². The van der Waals surface area contributed by atoms with Gasteiger partial charge in [-0.1, -0.05) is 25.8 Å². The van der Waals surface area contributed by atoms with Crippen LogP contribution in [0, 0.1) is 0 Å². The lowest BCUT2D eigenvalue weighted by Crippen LogP contribution is -2.15. The molecule has 118 valence electrons. The zero-order valence-corrected chi connectivity index (χ0v) is 13.0. The average molecular weight is 293 g/mol. The maximum Gasteiger partial charge on any atom is 0.231 e. The number of unbranched alkanes of at least 4 members (excludes halogenated alkanes) is 3. The Morgan fingerprint density at radius 2 is 1.90 bits per heavy atom. The van der Waals surface area contributed by atoms with Crippen molar-refractivity contribution in [2.75, 3.05) is 26.5 Å². The van der Waals surface area contributed by atoms with E-state index in [4.69, 9.17) is 14.2 Å². The van der Waals surface area contributed by atoms with E-state index in [9.17, 15) is 0 Å². The lowest BCUT2D eigenvalue weighted by molar-refractivity contribution is 0.116. The summed E-state index contributed by atoms with van der Waals surface area (Å²) in [6.45, 7) is 6.29. The molecule has 1 aliphatic rings. The third-order valence-corrected chi connectivity index (χ3v) is 3.52. The molecular formula is C17H27NO3. The molecule has 0 bridgehead atoms. The summed E-state index contributed by atoms with van der Waals surface area (Å²) in [6, 6.07) is 5.99. The lowest BCUT2D eigenvalue weighted by Gasteiger charge is -2.06. The Labute approximate surface area is 127 Å². The van der Waals surface area contributed by atoms with E-state index < -0.39 is 0 Å². The molecule has 0 spiro atoms. The van der Waals surface area contributed by atoms with Gasteiger partial charge < -0.3 is 19.5 Å². The van der Waals surface area contributed by atoms with Crippen LogP contribution in [0.1, 0.15) is 44.6 Å². The summed E-state index contributed by atoms with van der Waals surface area (Å²) in [7, 11) is 0. The third kappa shape index (κ3) is 5.94. The van der Waals surface area contributed by atoms with Crippen molar-refractivity contribution < 1.29 is 14.2 Å². The summed E-state index contributed by atoms with van der Waals surface area (Å²) in [6.07, 6.45) is 6.15. The summed E-state index contributed by atoms with van der Waals surface area (Å²) in [5, 5.41) is 3.43. The Bertz CT molecular complexity index is 409. The molecule has 0 aliphatic carbocycles. The van der Waals surface area contributed by atoms with Crippen LogP contribution in [0.3, 0.4) is 0 Å². The molecule has 0 atom stereocenters. The van der Waals surface area contributed by atoms with Gasteiger partial charge in [-0.25, -0.2) is 0 Å². The van der Waals surface area contributed by atoms with Crippen molar-refractivity contribution in [3.8, 4) is 11.5 Å². The molecule has 1 aromatic carbocycles. The topological polar surface area (TPSA) is 39.7 Å². The number of ether oxygens (including phenoxy) is 3. The standard InChI is InChI=1S/C17H27NO3/c1-2-9-18-10-5-3-4-6-11-19-13-15-7-8-16-17(12-15)21-14-20-16/h7-8,12,18H,2-6,9-11,13-14H2,1H3. The second-order valence-electron chi connectivity index (χ2n) is 5.40. The van der Waals surface area contributed by atoms with E-state index >= 15 is 0 Å². The summed E-state index contributed by atoms with van der Waals surface area (Å²) >= 11 is 0. The fraction of sp³-hybridized carbons (Fsp3) is 0.647. The maximum atomic E-state index is 5.71. The molecule has 21 heavy (non-hydrogen) atoms. The first-order valence-electron chi connectivity index (χ1n) is 8.07. The molecule has 0 fully saturated rings. The molecule has 0 aromatic heterocycles. The average Bonchev–Trinajstić information content (AvgIpc) is 2.97. The van der Waals surface area contributed by atoms with Crippen molar-refractivity contribution >= 4 is 0 Å². The molecule has 2 rings (SSSR count). The zero-order valence-electron chi connectivity index (χ0n) is 13.0. The van der Waals surface area contributed by atoms with Crippen molar-refractivity contribution in [1.29, 1.82) is 0 Å². The van der Waals surface area contributed by atoms with Gasteiger partial charge in [0.15, 0.2) is 11.5 Å². The van der Waals surface area contributed by atoms with E-state index in [-0.39, 0.29) is 0 Å². The van der Waals surface area contributed by atoms with E-state index in [0.29, 0.717) is 13.4 Å². The predicted octanol–water partition coefficient (Wildman–Crippen LogP) is 3.49. The van der Waals surface area contributed by atoms with Crippen molar-refractivity contribution in [3.05, 3.63) is 23.8 Å². The van der Waals surface area contributed by atoms with Gasteiger partial charge in [0.25, 0.3) is 0 Å². The van der Waals surface area contributed by atoms with E-state index in [2.05, 4.69) is 12.2 Å². The molecule has 1 heterocycles. The smallest absolute Gasteiger partial charge is 0.231 e. The summed E-state index contributed by atoms with van der Waals surface area (Å²) < 4.78 is 16.4. The molecule has 0 radical (unpaired) electrons. The Morgan fingerprint density at radius 1 is 1.05 bits per heavy atom. The van der Waals surface area contributed by atoms with Crippen LogP contribution >= 0.6 is 0 Å². The van der Waals surface area contributed by atoms with Gasteiger partial charge in [0.05, 0.1) is 6.61 Å². The van der Waals surface area contributed by atoms with Gasteiger partial charge in [-0.3, -0.25) is 0 Å². The van der Waals surface area contributed by atoms with Crippen LogP contribution in [0.4, 0.5) is 0 Å². The van der Waals surface area contributed by atoms with Crippen LogP contribution in [-0.4, -0.2) is 26.5 Å². The van der Waals surface area contributed by atoms with Gasteiger partial charge >= 0.3 is 0 Å². The third-order valence-electron chi connectivity index (χ3n) is 3.52. The van der Waals surface area contributed by atoms with Crippen LogP contribution < -0.4 is 14.8 Å². The van der Waals surface area contributed by atoms with Crippen LogP contribution in [-0.2, 0) is 11.3 Å². The fourth-order valence-corrected chi connectivity index (χ4v) is 2.33. The van der Waals surface area contributed by atoms with Crippen molar-refractivity contribution in [3.63, 3.8) is 0 Å². The van der Waals surface area contributed by atoms with E-state index in [1.807, 2.05) is 18.2 Å². The molecule has 4 heteroatoms. The Hall–Kier alpha value is -1.26. The van der Waals surface area contributed by atoms with E-state index in [1.165, 1.54) is 25.7 Å². The number of benzene rings is 1. The SMILES string of the molecule is CCCNCCCCCCOCc1ccc2c(c1)OCO2.